The molecule has 0 saturated carbocycles. The molecule has 3 nitrogen and oxygen atoms in total. The Labute approximate surface area is 76.3 Å². The first-order valence-corrected chi connectivity index (χ1v) is 0.775. The van der Waals surface area contributed by atoms with E-state index in [9.17, 15) is 0 Å². The maximum atomic E-state index is 7.17. The van der Waals surface area contributed by atoms with Gasteiger partial charge < -0.3 is 15.1 Å². The average molecular weight is 185 g/mol. The van der Waals surface area contributed by atoms with E-state index in [1.165, 1.54) is 0 Å². The number of rotatable bonds is 0. The molecule has 6 heavy (non-hydrogen) atoms. The number of halogens is 1. The van der Waals surface area contributed by atoms with Gasteiger partial charge in [0.25, 0.3) is 0 Å². The van der Waals surface area contributed by atoms with Crippen LogP contribution >= 0.6 is 17.0 Å². The summed E-state index contributed by atoms with van der Waals surface area (Å²) in [6.45, 7) is 0. The second-order valence-electron chi connectivity index (χ2n) is 0.346. The Hall–Kier alpha value is 1.68. The van der Waals surface area contributed by atoms with Crippen molar-refractivity contribution in [3.63, 3.8) is 0 Å². The molecule has 0 atom stereocenters. The summed E-state index contributed by atoms with van der Waals surface area (Å²) in [5.41, 5.74) is 0. The van der Waals surface area contributed by atoms with E-state index in [0.29, 0.717) is 0 Å². The third-order valence-corrected chi connectivity index (χ3v) is 0. The molecule has 0 fully saturated rings. The van der Waals surface area contributed by atoms with Gasteiger partial charge in [-0.2, -0.15) is 0 Å². The molecular formula is H6BBrCaO3. The first-order valence-electron chi connectivity index (χ1n) is 0.775. The van der Waals surface area contributed by atoms with E-state index >= 15 is 0 Å². The normalized spacial score (nSPS) is 4.50. The van der Waals surface area contributed by atoms with Crippen LogP contribution in [0.2, 0.25) is 0 Å². The molecule has 0 saturated heterocycles. The molecule has 0 aromatic heterocycles. The predicted octanol–water partition coefficient (Wildman–Crippen LogP) is -2.39. The topological polar surface area (TPSA) is 60.7 Å². The average Bonchev–Trinajstić information content (AvgIpc) is 0.811. The van der Waals surface area contributed by atoms with Gasteiger partial charge in [-0.3, -0.25) is 0 Å². The molecule has 0 radical (unpaired) electrons. The van der Waals surface area contributed by atoms with Crippen molar-refractivity contribution in [3.8, 4) is 0 Å². The van der Waals surface area contributed by atoms with Crippen molar-refractivity contribution in [2.45, 2.75) is 0 Å². The third kappa shape index (κ3) is 44.0. The van der Waals surface area contributed by atoms with Crippen LogP contribution in [0.25, 0.3) is 0 Å². The minimum atomic E-state index is -2.17. The zero-order valence-corrected chi connectivity index (χ0v) is 4.04. The van der Waals surface area contributed by atoms with Gasteiger partial charge in [-0.25, -0.2) is 0 Å². The fourth-order valence-corrected chi connectivity index (χ4v) is 0. The summed E-state index contributed by atoms with van der Waals surface area (Å²) in [5, 5.41) is 21.5. The SMILES string of the molecule is Br.OB(O)O.[CaH2]. The fourth-order valence-electron chi connectivity index (χ4n) is 0. The minimum absolute atomic E-state index is 0. The first kappa shape index (κ1) is 15.6. The Balaban J connectivity index is -0.0000000450. The van der Waals surface area contributed by atoms with Gasteiger partial charge in [-0.05, 0) is 0 Å². The molecule has 0 spiro atoms. The Morgan fingerprint density at radius 1 is 1.00 bits per heavy atom. The molecule has 0 rings (SSSR count). The van der Waals surface area contributed by atoms with Crippen molar-refractivity contribution < 1.29 is 15.1 Å². The van der Waals surface area contributed by atoms with Gasteiger partial charge in [0.15, 0.2) is 0 Å². The molecular weight excluding hydrogens is 179 g/mol. The van der Waals surface area contributed by atoms with Crippen LogP contribution in [0.1, 0.15) is 0 Å². The van der Waals surface area contributed by atoms with Crippen LogP contribution in [-0.4, -0.2) is 60.1 Å². The van der Waals surface area contributed by atoms with E-state index in [-0.39, 0.29) is 54.7 Å². The number of hydrogen-bond donors (Lipinski definition) is 3. The van der Waals surface area contributed by atoms with E-state index in [1.54, 1.807) is 0 Å². The summed E-state index contributed by atoms with van der Waals surface area (Å²) in [7, 11) is -2.17. The van der Waals surface area contributed by atoms with Gasteiger partial charge >= 0.3 is 45.1 Å². The Kier molecular flexibility index (Phi) is 25.7. The van der Waals surface area contributed by atoms with E-state index < -0.39 is 7.32 Å². The Bertz CT molecular complexity index is 15.5. The summed E-state index contributed by atoms with van der Waals surface area (Å²) in [6.07, 6.45) is 0. The first-order chi connectivity index (χ1) is 1.73. The van der Waals surface area contributed by atoms with Crippen LogP contribution in [0.15, 0.2) is 0 Å². The van der Waals surface area contributed by atoms with Gasteiger partial charge in [0.2, 0.25) is 0 Å². The molecule has 0 unspecified atom stereocenters. The monoisotopic (exact) mass is 184 g/mol. The molecule has 0 aliphatic heterocycles. The van der Waals surface area contributed by atoms with Gasteiger partial charge in [0, 0.05) is 0 Å². The van der Waals surface area contributed by atoms with Crippen LogP contribution in [0, 0.1) is 0 Å². The molecule has 0 bridgehead atoms. The molecule has 6 heteroatoms. The van der Waals surface area contributed by atoms with Crippen molar-refractivity contribution in [1.29, 1.82) is 0 Å². The maximum absolute atomic E-state index is 7.17. The summed E-state index contributed by atoms with van der Waals surface area (Å²) in [5.74, 6) is 0. The summed E-state index contributed by atoms with van der Waals surface area (Å²) < 4.78 is 0. The van der Waals surface area contributed by atoms with Crippen molar-refractivity contribution in [2.75, 3.05) is 0 Å². The zero-order chi connectivity index (χ0) is 3.58. The fraction of sp³-hybridized carbons (Fsp3) is 0. The van der Waals surface area contributed by atoms with Crippen LogP contribution in [0.5, 0.6) is 0 Å². The van der Waals surface area contributed by atoms with Crippen LogP contribution < -0.4 is 0 Å². The zero-order valence-electron chi connectivity index (χ0n) is 2.33. The molecule has 0 aromatic carbocycles. The Morgan fingerprint density at radius 3 is 1.00 bits per heavy atom. The quantitative estimate of drug-likeness (QED) is 0.369. The Morgan fingerprint density at radius 2 is 1.00 bits per heavy atom. The summed E-state index contributed by atoms with van der Waals surface area (Å²) in [4.78, 5) is 0. The van der Waals surface area contributed by atoms with Crippen molar-refractivity contribution in [3.05, 3.63) is 0 Å². The molecule has 0 aliphatic rings. The number of hydrogen-bond acceptors (Lipinski definition) is 3. The second kappa shape index (κ2) is 9.84. The molecule has 0 aliphatic carbocycles. The summed E-state index contributed by atoms with van der Waals surface area (Å²) >= 11 is 0. The van der Waals surface area contributed by atoms with Crippen molar-refractivity contribution >= 4 is 62.0 Å². The summed E-state index contributed by atoms with van der Waals surface area (Å²) in [6, 6.07) is 0. The van der Waals surface area contributed by atoms with E-state index in [1.807, 2.05) is 0 Å². The van der Waals surface area contributed by atoms with E-state index in [0.717, 1.165) is 0 Å². The molecule has 0 aromatic rings. The van der Waals surface area contributed by atoms with E-state index in [4.69, 9.17) is 15.1 Å². The van der Waals surface area contributed by atoms with Crippen molar-refractivity contribution in [2.24, 2.45) is 0 Å². The second-order valence-corrected chi connectivity index (χ2v) is 0.346. The van der Waals surface area contributed by atoms with Crippen molar-refractivity contribution in [1.82, 2.24) is 0 Å². The standard InChI is InChI=1S/BH3O3.BrH.Ca.2H/c2-1(3)4;;;;/h2-4H;1H;;;. The predicted molar refractivity (Wildman–Crippen MR) is 31.3 cm³/mol. The van der Waals surface area contributed by atoms with E-state index in [2.05, 4.69) is 0 Å². The van der Waals surface area contributed by atoms with Crippen LogP contribution in [-0.2, 0) is 0 Å². The van der Waals surface area contributed by atoms with Gasteiger partial charge in [0.1, 0.15) is 0 Å². The molecule has 36 valence electrons. The van der Waals surface area contributed by atoms with Crippen LogP contribution in [0.4, 0.5) is 0 Å². The van der Waals surface area contributed by atoms with Gasteiger partial charge in [-0.1, -0.05) is 0 Å². The van der Waals surface area contributed by atoms with Gasteiger partial charge in [-0.15, -0.1) is 17.0 Å². The van der Waals surface area contributed by atoms with Gasteiger partial charge in [0.05, 0.1) is 0 Å². The molecule has 3 N–H and O–H groups in total. The molecule has 0 heterocycles. The molecule has 0 amide bonds. The van der Waals surface area contributed by atoms with Crippen LogP contribution in [0.3, 0.4) is 0 Å². The third-order valence-electron chi connectivity index (χ3n) is 0.